The van der Waals surface area contributed by atoms with Crippen LogP contribution in [-0.4, -0.2) is 78.6 Å². The number of fused-ring (bicyclic) bond motifs is 3. The van der Waals surface area contributed by atoms with E-state index in [2.05, 4.69) is 15.8 Å². The normalized spacial score (nSPS) is 32.7. The Bertz CT molecular complexity index is 1320. The van der Waals surface area contributed by atoms with E-state index in [1.807, 2.05) is 0 Å². The summed E-state index contributed by atoms with van der Waals surface area (Å²) in [6, 6.07) is 8.30. The quantitative estimate of drug-likeness (QED) is 0.498. The molecule has 6 atom stereocenters. The number of piperidine rings is 1. The summed E-state index contributed by atoms with van der Waals surface area (Å²) in [5, 5.41) is 10.6. The second-order valence-corrected chi connectivity index (χ2v) is 14.1. The molecule has 1 aromatic carbocycles. The first-order valence-electron chi connectivity index (χ1n) is 14.4. The third-order valence-electron chi connectivity index (χ3n) is 9.62. The molecule has 2 aromatic rings. The van der Waals surface area contributed by atoms with Crippen LogP contribution in [0.1, 0.15) is 66.3 Å². The number of halogens is 1. The van der Waals surface area contributed by atoms with E-state index >= 15 is 0 Å². The van der Waals surface area contributed by atoms with Gasteiger partial charge in [0.1, 0.15) is 11.6 Å². The van der Waals surface area contributed by atoms with Crippen LogP contribution in [0.2, 0.25) is 0 Å². The number of ether oxygens (including phenoxy) is 1. The summed E-state index contributed by atoms with van der Waals surface area (Å²) in [6.45, 7) is 2.99. The molecule has 12 heteroatoms. The maximum atomic E-state index is 13.8. The van der Waals surface area contributed by atoms with Gasteiger partial charge in [0.2, 0.25) is 0 Å². The van der Waals surface area contributed by atoms with Gasteiger partial charge in [-0.3, -0.25) is 4.79 Å². The van der Waals surface area contributed by atoms with Crippen molar-refractivity contribution in [2.24, 2.45) is 11.8 Å². The summed E-state index contributed by atoms with van der Waals surface area (Å²) in [6.07, 6.45) is 4.77. The van der Waals surface area contributed by atoms with Crippen LogP contribution in [0.3, 0.4) is 0 Å². The lowest BCUT2D eigenvalue weighted by Gasteiger charge is -2.40. The van der Waals surface area contributed by atoms with Gasteiger partial charge in [-0.25, -0.2) is 4.39 Å². The van der Waals surface area contributed by atoms with E-state index in [9.17, 15) is 17.6 Å². The molecule has 1 saturated carbocycles. The first-order valence-corrected chi connectivity index (χ1v) is 15.8. The number of amides is 1. The fraction of sp³-hybridized carbons (Fsp3) is 0.643. The lowest BCUT2D eigenvalue weighted by Crippen LogP contribution is -2.55. The van der Waals surface area contributed by atoms with E-state index in [1.54, 1.807) is 26.8 Å². The predicted octanol–water partition coefficient (Wildman–Crippen LogP) is 2.40. The van der Waals surface area contributed by atoms with Gasteiger partial charge in [-0.1, -0.05) is 17.3 Å². The van der Waals surface area contributed by atoms with Gasteiger partial charge in [0, 0.05) is 49.9 Å². The molecule has 2 N–H and O–H groups in total. The fourth-order valence-electron chi connectivity index (χ4n) is 7.49. The molecule has 4 saturated heterocycles. The van der Waals surface area contributed by atoms with E-state index in [0.717, 1.165) is 31.2 Å². The van der Waals surface area contributed by atoms with E-state index in [-0.39, 0.29) is 41.5 Å². The second kappa shape index (κ2) is 10.5. The highest BCUT2D eigenvalue weighted by atomic mass is 32.2. The van der Waals surface area contributed by atoms with Crippen molar-refractivity contribution in [3.05, 3.63) is 53.2 Å². The number of hydrogen-bond donors (Lipinski definition) is 2. The molecule has 5 aliphatic rings. The number of benzene rings is 1. The van der Waals surface area contributed by atoms with Gasteiger partial charge in [0.15, 0.2) is 5.69 Å². The molecule has 1 aliphatic carbocycles. The minimum absolute atomic E-state index is 0.0884. The molecule has 1 amide bonds. The average Bonchev–Trinajstić information content (AvgIpc) is 3.66. The van der Waals surface area contributed by atoms with E-state index in [4.69, 9.17) is 9.26 Å². The van der Waals surface area contributed by atoms with Gasteiger partial charge in [0.25, 0.3) is 16.1 Å². The van der Waals surface area contributed by atoms with Crippen LogP contribution >= 0.6 is 0 Å². The predicted molar refractivity (Wildman–Crippen MR) is 143 cm³/mol. The Morgan fingerprint density at radius 2 is 1.68 bits per heavy atom. The summed E-state index contributed by atoms with van der Waals surface area (Å²) >= 11 is 0. The van der Waals surface area contributed by atoms with E-state index in [0.29, 0.717) is 69.3 Å². The fourth-order valence-corrected chi connectivity index (χ4v) is 9.65. The molecule has 5 fully saturated rings. The summed E-state index contributed by atoms with van der Waals surface area (Å²) in [5.74, 6) is 1.03. The van der Waals surface area contributed by atoms with Gasteiger partial charge in [-0.2, -0.15) is 17.0 Å². The molecular weight excluding hydrogens is 537 g/mol. The summed E-state index contributed by atoms with van der Waals surface area (Å²) in [4.78, 5) is 12.8. The molecule has 10 nitrogen and oxygen atoms in total. The van der Waals surface area contributed by atoms with Crippen LogP contribution in [0.5, 0.6) is 0 Å². The molecule has 4 aliphatic heterocycles. The zero-order valence-corrected chi connectivity index (χ0v) is 23.2. The Kier molecular flexibility index (Phi) is 6.94. The largest absolute Gasteiger partial charge is 0.380 e. The Morgan fingerprint density at radius 1 is 1.00 bits per heavy atom. The van der Waals surface area contributed by atoms with Crippen LogP contribution in [0.25, 0.3) is 0 Å². The topological polar surface area (TPSA) is 117 Å². The van der Waals surface area contributed by atoms with Crippen LogP contribution in [-0.2, 0) is 21.5 Å². The van der Waals surface area contributed by atoms with Gasteiger partial charge in [0.05, 0.1) is 19.1 Å². The maximum Gasteiger partial charge on any atom is 0.282 e. The first-order chi connectivity index (χ1) is 19.3. The third kappa shape index (κ3) is 4.98. The number of aromatic nitrogens is 1. The Balaban J connectivity index is 0.923. The van der Waals surface area contributed by atoms with E-state index < -0.39 is 10.2 Å². The summed E-state index contributed by atoms with van der Waals surface area (Å²) < 4.78 is 54.8. The molecule has 2 bridgehead atoms. The van der Waals surface area contributed by atoms with Crippen molar-refractivity contribution in [1.29, 1.82) is 0 Å². The number of nitrogens with one attached hydrogen (secondary N) is 2. The van der Waals surface area contributed by atoms with Crippen molar-refractivity contribution >= 4 is 16.1 Å². The highest BCUT2D eigenvalue weighted by Gasteiger charge is 2.52. The highest BCUT2D eigenvalue weighted by Crippen LogP contribution is 2.43. The molecule has 2 unspecified atom stereocenters. The monoisotopic (exact) mass is 573 g/mol. The SMILES string of the molecule is O=C(NC1C[C@H]2CC[C@@H](C1)N2S(=O)(=O)N1C[C@H]2CC(NCc3ccc(F)cc3)C[C@H]2C1)c1cc(C2COC2)on1. The van der Waals surface area contributed by atoms with Crippen molar-refractivity contribution in [3.8, 4) is 0 Å². The Labute approximate surface area is 233 Å². The molecule has 7 rings (SSSR count). The van der Waals surface area contributed by atoms with Crippen molar-refractivity contribution in [2.45, 2.75) is 75.2 Å². The van der Waals surface area contributed by atoms with Gasteiger partial charge in [-0.15, -0.1) is 0 Å². The number of carbonyl (C=O) groups excluding carboxylic acids is 1. The molecule has 40 heavy (non-hydrogen) atoms. The van der Waals surface area contributed by atoms with Crippen molar-refractivity contribution in [3.63, 3.8) is 0 Å². The van der Waals surface area contributed by atoms with Crippen molar-refractivity contribution in [1.82, 2.24) is 24.4 Å². The molecule has 1 aromatic heterocycles. The zero-order valence-electron chi connectivity index (χ0n) is 22.4. The molecule has 5 heterocycles. The van der Waals surface area contributed by atoms with Gasteiger partial charge < -0.3 is 19.9 Å². The minimum atomic E-state index is -3.56. The van der Waals surface area contributed by atoms with Gasteiger partial charge in [-0.05, 0) is 68.1 Å². The van der Waals surface area contributed by atoms with Crippen molar-refractivity contribution in [2.75, 3.05) is 26.3 Å². The standard InChI is InChI=1S/C28H36FN5O5S/c29-21-3-1-17(2-4-21)12-30-22-7-18-13-33(14-19(18)8-22)40(36,37)34-24-5-6-25(34)10-23(9-24)31-28(35)26-11-27(39-32-26)20-15-38-16-20/h1-4,11,18-20,22-25,30H,5-10,12-16H2,(H,31,35)/t18-,19+,22?,23?,24-,25+. The molecule has 216 valence electrons. The van der Waals surface area contributed by atoms with Crippen molar-refractivity contribution < 1.29 is 26.9 Å². The lowest BCUT2D eigenvalue weighted by molar-refractivity contribution is -0.00228. The van der Waals surface area contributed by atoms with Crippen LogP contribution in [0.15, 0.2) is 34.9 Å². The third-order valence-corrected chi connectivity index (χ3v) is 11.7. The molecule has 0 spiro atoms. The molecular formula is C28H36FN5O5S. The number of hydrogen-bond acceptors (Lipinski definition) is 7. The van der Waals surface area contributed by atoms with Crippen LogP contribution < -0.4 is 10.6 Å². The number of nitrogens with zero attached hydrogens (tertiary/aromatic N) is 3. The molecule has 0 radical (unpaired) electrons. The first kappa shape index (κ1) is 26.5. The maximum absolute atomic E-state index is 13.8. The zero-order chi connectivity index (χ0) is 27.4. The van der Waals surface area contributed by atoms with Crippen LogP contribution in [0, 0.1) is 17.7 Å². The number of carbonyl (C=O) groups is 1. The summed E-state index contributed by atoms with van der Waals surface area (Å²) in [5.41, 5.74) is 1.31. The Morgan fingerprint density at radius 3 is 2.30 bits per heavy atom. The van der Waals surface area contributed by atoms with E-state index in [1.165, 1.54) is 12.1 Å². The average molecular weight is 574 g/mol. The smallest absolute Gasteiger partial charge is 0.282 e. The highest BCUT2D eigenvalue weighted by molar-refractivity contribution is 7.86. The lowest BCUT2D eigenvalue weighted by atomic mass is 9.99. The summed E-state index contributed by atoms with van der Waals surface area (Å²) in [7, 11) is -3.56. The second-order valence-electron chi connectivity index (χ2n) is 12.2. The number of rotatable bonds is 8. The van der Waals surface area contributed by atoms with Crippen LogP contribution in [0.4, 0.5) is 4.39 Å². The Hall–Kier alpha value is -2.38. The minimum Gasteiger partial charge on any atom is -0.380 e. The van der Waals surface area contributed by atoms with Gasteiger partial charge >= 0.3 is 0 Å².